The summed E-state index contributed by atoms with van der Waals surface area (Å²) < 4.78 is 1.90. The topological polar surface area (TPSA) is 146 Å². The van der Waals surface area contributed by atoms with Crippen molar-refractivity contribution in [3.63, 3.8) is 0 Å². The first-order valence-electron chi connectivity index (χ1n) is 17.3. The fraction of sp³-hybridized carbons (Fsp3) is 0.486. The lowest BCUT2D eigenvalue weighted by molar-refractivity contribution is 0.00473. The van der Waals surface area contributed by atoms with Crippen LogP contribution in [0.25, 0.3) is 11.2 Å². The van der Waals surface area contributed by atoms with Crippen molar-refractivity contribution < 1.29 is 10.2 Å². The van der Waals surface area contributed by atoms with Gasteiger partial charge in [-0.1, -0.05) is 67.6 Å². The molecule has 1 saturated carbocycles. The van der Waals surface area contributed by atoms with Crippen molar-refractivity contribution >= 4 is 22.9 Å². The number of rotatable bonds is 10. The molecule has 48 heavy (non-hydrogen) atoms. The van der Waals surface area contributed by atoms with Crippen LogP contribution in [0.5, 0.6) is 0 Å². The number of fused-ring (bicyclic) bond motifs is 1. The molecule has 2 saturated heterocycles. The van der Waals surface area contributed by atoms with Gasteiger partial charge in [-0.15, -0.1) is 10.2 Å². The Morgan fingerprint density at radius 1 is 0.896 bits per heavy atom. The quantitative estimate of drug-likeness (QED) is 0.205. The number of hydrogen-bond donors (Lipinski definition) is 3. The second-order valence-corrected chi connectivity index (χ2v) is 13.3. The van der Waals surface area contributed by atoms with Gasteiger partial charge in [0.1, 0.15) is 18.2 Å². The van der Waals surface area contributed by atoms with Gasteiger partial charge in [-0.3, -0.25) is 4.90 Å². The maximum Gasteiger partial charge on any atom is 0.229 e. The van der Waals surface area contributed by atoms with Crippen molar-refractivity contribution in [1.82, 2.24) is 44.6 Å². The maximum absolute atomic E-state index is 11.4. The van der Waals surface area contributed by atoms with E-state index >= 15 is 0 Å². The summed E-state index contributed by atoms with van der Waals surface area (Å²) in [5.41, 5.74) is 3.68. The van der Waals surface area contributed by atoms with Gasteiger partial charge in [-0.2, -0.15) is 14.8 Å². The number of anilines is 2. The summed E-state index contributed by atoms with van der Waals surface area (Å²) >= 11 is 0. The second-order valence-electron chi connectivity index (χ2n) is 13.3. The summed E-state index contributed by atoms with van der Waals surface area (Å²) in [6, 6.07) is 20.5. The zero-order chi connectivity index (χ0) is 32.6. The third-order valence-electron chi connectivity index (χ3n) is 10.5. The molecule has 3 aliphatic rings. The largest absolute Gasteiger partial charge is 0.388 e. The highest BCUT2D eigenvalue weighted by Crippen LogP contribution is 2.40. The standard InChI is InChI=1S/C35H43N11O2/c1-2-29-40-42-46(41-29)28-19-27(31(47)32(28)48)45-22-37-30-33(36-20-26(23-11-5-3-6-12-23)24-13-7-4-8-14-24)38-35(39-34(30)45)44-18-15-25(21-44)43-16-9-10-17-43/h3-8,11-14,22,25-28,31-32,47-48H,2,9-10,15-21H2,1H3,(H,36,38,39)/t25-,27+,28-,31-,32+/m0/s1. The van der Waals surface area contributed by atoms with E-state index in [0.717, 1.165) is 32.6 Å². The predicted molar refractivity (Wildman–Crippen MR) is 182 cm³/mol. The number of imidazole rings is 1. The molecule has 2 aromatic carbocycles. The van der Waals surface area contributed by atoms with Crippen LogP contribution in [0.15, 0.2) is 67.0 Å². The molecule has 13 nitrogen and oxygen atoms in total. The minimum atomic E-state index is -1.07. The highest BCUT2D eigenvalue weighted by Gasteiger charge is 2.45. The van der Waals surface area contributed by atoms with Gasteiger partial charge in [-0.25, -0.2) is 4.98 Å². The molecule has 1 aliphatic carbocycles. The first kappa shape index (κ1) is 30.8. The van der Waals surface area contributed by atoms with Gasteiger partial charge in [0, 0.05) is 38.0 Å². The van der Waals surface area contributed by atoms with Gasteiger partial charge in [0.25, 0.3) is 0 Å². The van der Waals surface area contributed by atoms with Crippen LogP contribution in [-0.2, 0) is 6.42 Å². The monoisotopic (exact) mass is 649 g/mol. The Balaban J connectivity index is 1.14. The molecule has 0 unspecified atom stereocenters. The van der Waals surface area contributed by atoms with E-state index in [-0.39, 0.29) is 5.92 Å². The van der Waals surface area contributed by atoms with E-state index in [1.165, 1.54) is 28.8 Å². The summed E-state index contributed by atoms with van der Waals surface area (Å²) in [7, 11) is 0. The molecule has 5 atom stereocenters. The molecule has 3 fully saturated rings. The second kappa shape index (κ2) is 13.2. The van der Waals surface area contributed by atoms with Gasteiger partial charge < -0.3 is 25.0 Å². The predicted octanol–water partition coefficient (Wildman–Crippen LogP) is 3.20. The van der Waals surface area contributed by atoms with Crippen molar-refractivity contribution in [1.29, 1.82) is 0 Å². The molecule has 250 valence electrons. The molecule has 3 N–H and O–H groups in total. The number of nitrogens with zero attached hydrogens (tertiary/aromatic N) is 10. The van der Waals surface area contributed by atoms with E-state index in [1.807, 2.05) is 23.6 Å². The molecular weight excluding hydrogens is 606 g/mol. The molecule has 0 bridgehead atoms. The van der Waals surface area contributed by atoms with Gasteiger partial charge in [0.05, 0.1) is 12.4 Å². The first-order valence-corrected chi connectivity index (χ1v) is 17.3. The SMILES string of the molecule is CCc1nnn([C@H]2C[C@@H](n3cnc4c(NCC(c5ccccc5)c5ccccc5)nc(N5CC[C@H](N6CCCC6)C5)nc43)[C@H](O)[C@@H]2O)n1. The van der Waals surface area contributed by atoms with E-state index in [9.17, 15) is 10.2 Å². The lowest BCUT2D eigenvalue weighted by atomic mass is 9.91. The molecular formula is C35H43N11O2. The van der Waals surface area contributed by atoms with Gasteiger partial charge in [0.2, 0.25) is 5.95 Å². The summed E-state index contributed by atoms with van der Waals surface area (Å²) in [6.45, 7) is 6.62. The molecule has 0 amide bonds. The molecule has 0 radical (unpaired) electrons. The molecule has 3 aromatic heterocycles. The molecule has 2 aliphatic heterocycles. The Hall–Kier alpha value is -4.46. The minimum absolute atomic E-state index is 0.0880. The fourth-order valence-electron chi connectivity index (χ4n) is 7.77. The molecule has 5 heterocycles. The van der Waals surface area contributed by atoms with Crippen molar-refractivity contribution in [2.24, 2.45) is 0 Å². The van der Waals surface area contributed by atoms with Crippen LogP contribution in [0, 0.1) is 0 Å². The van der Waals surface area contributed by atoms with Crippen molar-refractivity contribution in [3.05, 3.63) is 83.9 Å². The fourth-order valence-corrected chi connectivity index (χ4v) is 7.77. The number of nitrogens with one attached hydrogen (secondary N) is 1. The highest BCUT2D eigenvalue weighted by molar-refractivity contribution is 5.84. The van der Waals surface area contributed by atoms with Crippen LogP contribution >= 0.6 is 0 Å². The zero-order valence-electron chi connectivity index (χ0n) is 27.3. The maximum atomic E-state index is 11.4. The van der Waals surface area contributed by atoms with Gasteiger partial charge in [0.15, 0.2) is 22.8 Å². The number of hydrogen-bond acceptors (Lipinski definition) is 11. The lowest BCUT2D eigenvalue weighted by Crippen LogP contribution is -2.35. The van der Waals surface area contributed by atoms with Crippen LogP contribution in [0.3, 0.4) is 0 Å². The zero-order valence-corrected chi connectivity index (χ0v) is 27.3. The molecule has 13 heteroatoms. The Morgan fingerprint density at radius 3 is 2.29 bits per heavy atom. The van der Waals surface area contributed by atoms with Crippen LogP contribution in [-0.4, -0.2) is 106 Å². The Bertz CT molecular complexity index is 1780. The number of tetrazole rings is 1. The van der Waals surface area contributed by atoms with Crippen LogP contribution < -0.4 is 10.2 Å². The number of aliphatic hydroxyl groups is 2. The number of aliphatic hydroxyl groups excluding tert-OH is 2. The average molecular weight is 650 g/mol. The van der Waals surface area contributed by atoms with E-state index in [4.69, 9.17) is 15.0 Å². The molecule has 5 aromatic rings. The normalized spacial score (nSPS) is 24.8. The van der Waals surface area contributed by atoms with E-state index in [1.54, 1.807) is 6.33 Å². The average Bonchev–Trinajstić information content (AvgIpc) is 3.97. The molecule has 0 spiro atoms. The molecule has 8 rings (SSSR count). The number of likely N-dealkylation sites (tertiary alicyclic amines) is 1. The van der Waals surface area contributed by atoms with Crippen molar-refractivity contribution in [3.8, 4) is 0 Å². The first-order chi connectivity index (χ1) is 23.6. The van der Waals surface area contributed by atoms with Crippen molar-refractivity contribution in [2.45, 2.75) is 75.3 Å². The summed E-state index contributed by atoms with van der Waals surface area (Å²) in [6.07, 6.45) is 4.22. The number of aryl methyl sites for hydroxylation is 1. The smallest absolute Gasteiger partial charge is 0.229 e. The lowest BCUT2D eigenvalue weighted by Gasteiger charge is -2.24. The van der Waals surface area contributed by atoms with Crippen LogP contribution in [0.2, 0.25) is 0 Å². The summed E-state index contributed by atoms with van der Waals surface area (Å²) in [4.78, 5) is 21.4. The minimum Gasteiger partial charge on any atom is -0.388 e. The summed E-state index contributed by atoms with van der Waals surface area (Å²) in [5, 5.41) is 38.9. The van der Waals surface area contributed by atoms with E-state index in [0.29, 0.717) is 54.2 Å². The van der Waals surface area contributed by atoms with E-state index in [2.05, 4.69) is 79.1 Å². The van der Waals surface area contributed by atoms with Crippen LogP contribution in [0.4, 0.5) is 11.8 Å². The third kappa shape index (κ3) is 5.80. The Kier molecular flexibility index (Phi) is 8.49. The van der Waals surface area contributed by atoms with Crippen molar-refractivity contribution in [2.75, 3.05) is 42.9 Å². The van der Waals surface area contributed by atoms with E-state index < -0.39 is 24.3 Å². The summed E-state index contributed by atoms with van der Waals surface area (Å²) in [5.74, 6) is 2.00. The van der Waals surface area contributed by atoms with Crippen LogP contribution in [0.1, 0.15) is 67.6 Å². The number of aromatic nitrogens is 8. The number of benzene rings is 2. The Morgan fingerprint density at radius 2 is 1.60 bits per heavy atom. The Labute approximate surface area is 279 Å². The third-order valence-corrected chi connectivity index (χ3v) is 10.5. The van der Waals surface area contributed by atoms with Gasteiger partial charge in [-0.05, 0) is 55.1 Å². The van der Waals surface area contributed by atoms with Gasteiger partial charge >= 0.3 is 0 Å². The highest BCUT2D eigenvalue weighted by atomic mass is 16.3.